The second-order valence-corrected chi connectivity index (χ2v) is 4.41. The zero-order chi connectivity index (χ0) is 12.0. The average Bonchev–Trinajstić information content (AvgIpc) is 2.20. The van der Waals surface area contributed by atoms with Crippen LogP contribution in [0.25, 0.3) is 0 Å². The van der Waals surface area contributed by atoms with E-state index in [2.05, 4.69) is 50.5 Å². The molecular formula is C14H24N2. The summed E-state index contributed by atoms with van der Waals surface area (Å²) in [6.45, 7) is 12.8. The van der Waals surface area contributed by atoms with Gasteiger partial charge in [0.1, 0.15) is 0 Å². The van der Waals surface area contributed by atoms with E-state index >= 15 is 0 Å². The lowest BCUT2D eigenvalue weighted by atomic mass is 10.00. The Morgan fingerprint density at radius 3 is 2.06 bits per heavy atom. The van der Waals surface area contributed by atoms with Crippen LogP contribution in [0.3, 0.4) is 0 Å². The number of likely N-dealkylation sites (N-methyl/N-ethyl adjacent to an activating group) is 1. The Labute approximate surface area is 99.5 Å². The second-order valence-electron chi connectivity index (χ2n) is 4.41. The monoisotopic (exact) mass is 220 g/mol. The van der Waals surface area contributed by atoms with E-state index in [4.69, 9.17) is 0 Å². The fourth-order valence-electron chi connectivity index (χ4n) is 2.06. The lowest BCUT2D eigenvalue weighted by Crippen LogP contribution is -2.27. The summed E-state index contributed by atoms with van der Waals surface area (Å²) in [4.78, 5) is 0. The molecule has 0 aromatic heterocycles. The van der Waals surface area contributed by atoms with E-state index in [0.717, 1.165) is 26.2 Å². The normalized spacial score (nSPS) is 10.8. The van der Waals surface area contributed by atoms with Crippen molar-refractivity contribution in [2.45, 2.75) is 34.2 Å². The van der Waals surface area contributed by atoms with Gasteiger partial charge in [0.25, 0.3) is 0 Å². The molecule has 0 saturated carbocycles. The first-order valence-corrected chi connectivity index (χ1v) is 6.13. The molecule has 0 spiro atoms. The molecule has 0 unspecified atom stereocenters. The first-order valence-electron chi connectivity index (χ1n) is 6.13. The Hall–Kier alpha value is -0.860. The molecule has 0 atom stereocenters. The van der Waals surface area contributed by atoms with Crippen LogP contribution in [0.1, 0.15) is 29.2 Å². The van der Waals surface area contributed by atoms with Crippen molar-refractivity contribution >= 4 is 0 Å². The SMILES string of the molecule is CCNCCNCc1c(C)cc(C)cc1C. The van der Waals surface area contributed by atoms with Gasteiger partial charge in [0.05, 0.1) is 0 Å². The minimum Gasteiger partial charge on any atom is -0.316 e. The fraction of sp³-hybridized carbons (Fsp3) is 0.571. The fourth-order valence-corrected chi connectivity index (χ4v) is 2.06. The van der Waals surface area contributed by atoms with Crippen LogP contribution in [0, 0.1) is 20.8 Å². The summed E-state index contributed by atoms with van der Waals surface area (Å²) in [6, 6.07) is 4.52. The molecular weight excluding hydrogens is 196 g/mol. The van der Waals surface area contributed by atoms with Crippen LogP contribution in [0.5, 0.6) is 0 Å². The highest BCUT2D eigenvalue weighted by atomic mass is 14.9. The van der Waals surface area contributed by atoms with Gasteiger partial charge in [-0.2, -0.15) is 0 Å². The average molecular weight is 220 g/mol. The zero-order valence-corrected chi connectivity index (χ0v) is 11.0. The van der Waals surface area contributed by atoms with Gasteiger partial charge in [-0.3, -0.25) is 0 Å². The van der Waals surface area contributed by atoms with Crippen molar-refractivity contribution in [3.8, 4) is 0 Å². The molecule has 0 heterocycles. The van der Waals surface area contributed by atoms with E-state index < -0.39 is 0 Å². The summed E-state index contributed by atoms with van der Waals surface area (Å²) < 4.78 is 0. The number of hydrogen-bond acceptors (Lipinski definition) is 2. The van der Waals surface area contributed by atoms with Gasteiger partial charge in [-0.05, 0) is 44.0 Å². The molecule has 0 bridgehead atoms. The second kappa shape index (κ2) is 6.66. The van der Waals surface area contributed by atoms with Crippen molar-refractivity contribution < 1.29 is 0 Å². The zero-order valence-electron chi connectivity index (χ0n) is 11.0. The molecule has 0 radical (unpaired) electrons. The van der Waals surface area contributed by atoms with E-state index in [1.165, 1.54) is 22.3 Å². The molecule has 2 N–H and O–H groups in total. The maximum Gasteiger partial charge on any atom is 0.0211 e. The molecule has 0 aliphatic rings. The number of hydrogen-bond donors (Lipinski definition) is 2. The Morgan fingerprint density at radius 2 is 1.50 bits per heavy atom. The van der Waals surface area contributed by atoms with Gasteiger partial charge in [-0.1, -0.05) is 24.6 Å². The van der Waals surface area contributed by atoms with Gasteiger partial charge in [-0.25, -0.2) is 0 Å². The highest BCUT2D eigenvalue weighted by Crippen LogP contribution is 2.15. The predicted octanol–water partition coefficient (Wildman–Crippen LogP) is 2.31. The van der Waals surface area contributed by atoms with E-state index in [1.807, 2.05) is 0 Å². The van der Waals surface area contributed by atoms with Crippen LogP contribution in [-0.4, -0.2) is 19.6 Å². The molecule has 0 aliphatic heterocycles. The van der Waals surface area contributed by atoms with E-state index in [1.54, 1.807) is 0 Å². The summed E-state index contributed by atoms with van der Waals surface area (Å²) in [6.07, 6.45) is 0. The molecule has 1 aromatic rings. The van der Waals surface area contributed by atoms with Crippen molar-refractivity contribution in [2.24, 2.45) is 0 Å². The molecule has 90 valence electrons. The molecule has 2 nitrogen and oxygen atoms in total. The smallest absolute Gasteiger partial charge is 0.0211 e. The molecule has 0 amide bonds. The lowest BCUT2D eigenvalue weighted by Gasteiger charge is -2.12. The molecule has 1 aromatic carbocycles. The van der Waals surface area contributed by atoms with Crippen LogP contribution in [0.4, 0.5) is 0 Å². The molecule has 0 fully saturated rings. The number of rotatable bonds is 6. The van der Waals surface area contributed by atoms with Gasteiger partial charge in [0, 0.05) is 19.6 Å². The third-order valence-corrected chi connectivity index (χ3v) is 2.87. The predicted molar refractivity (Wildman–Crippen MR) is 70.9 cm³/mol. The van der Waals surface area contributed by atoms with Gasteiger partial charge in [0.2, 0.25) is 0 Å². The van der Waals surface area contributed by atoms with Crippen molar-refractivity contribution in [1.29, 1.82) is 0 Å². The highest BCUT2D eigenvalue weighted by molar-refractivity contribution is 5.37. The Morgan fingerprint density at radius 1 is 0.938 bits per heavy atom. The van der Waals surface area contributed by atoms with E-state index in [0.29, 0.717) is 0 Å². The molecule has 1 rings (SSSR count). The maximum absolute atomic E-state index is 3.48. The first kappa shape index (κ1) is 13.2. The Balaban J connectivity index is 2.47. The number of aryl methyl sites for hydroxylation is 3. The third-order valence-electron chi connectivity index (χ3n) is 2.87. The Kier molecular flexibility index (Phi) is 5.50. The van der Waals surface area contributed by atoms with Gasteiger partial charge in [0.15, 0.2) is 0 Å². The van der Waals surface area contributed by atoms with Crippen LogP contribution in [0.2, 0.25) is 0 Å². The van der Waals surface area contributed by atoms with Crippen molar-refractivity contribution in [3.05, 3.63) is 34.4 Å². The lowest BCUT2D eigenvalue weighted by molar-refractivity contribution is 0.622. The summed E-state index contributed by atoms with van der Waals surface area (Å²) in [5.41, 5.74) is 5.59. The molecule has 0 saturated heterocycles. The largest absolute Gasteiger partial charge is 0.316 e. The number of nitrogens with one attached hydrogen (secondary N) is 2. The van der Waals surface area contributed by atoms with Crippen molar-refractivity contribution in [3.63, 3.8) is 0 Å². The minimum atomic E-state index is 0.976. The summed E-state index contributed by atoms with van der Waals surface area (Å²) in [5, 5.41) is 6.79. The standard InChI is InChI=1S/C14H24N2/c1-5-15-6-7-16-10-14-12(3)8-11(2)9-13(14)4/h8-9,15-16H,5-7,10H2,1-4H3. The van der Waals surface area contributed by atoms with Gasteiger partial charge in [-0.15, -0.1) is 0 Å². The third kappa shape index (κ3) is 3.95. The van der Waals surface area contributed by atoms with Gasteiger partial charge < -0.3 is 10.6 Å². The highest BCUT2D eigenvalue weighted by Gasteiger charge is 2.02. The minimum absolute atomic E-state index is 0.976. The van der Waals surface area contributed by atoms with E-state index in [9.17, 15) is 0 Å². The maximum atomic E-state index is 3.48. The van der Waals surface area contributed by atoms with Crippen molar-refractivity contribution in [2.75, 3.05) is 19.6 Å². The van der Waals surface area contributed by atoms with Crippen LogP contribution in [-0.2, 0) is 6.54 Å². The number of benzene rings is 1. The molecule has 16 heavy (non-hydrogen) atoms. The van der Waals surface area contributed by atoms with Crippen LogP contribution >= 0.6 is 0 Å². The summed E-state index contributed by atoms with van der Waals surface area (Å²) >= 11 is 0. The summed E-state index contributed by atoms with van der Waals surface area (Å²) in [7, 11) is 0. The molecule has 2 heteroatoms. The molecule has 0 aliphatic carbocycles. The van der Waals surface area contributed by atoms with Crippen LogP contribution in [0.15, 0.2) is 12.1 Å². The van der Waals surface area contributed by atoms with Crippen LogP contribution < -0.4 is 10.6 Å². The Bertz CT molecular complexity index is 309. The summed E-state index contributed by atoms with van der Waals surface area (Å²) in [5.74, 6) is 0. The van der Waals surface area contributed by atoms with Gasteiger partial charge >= 0.3 is 0 Å². The van der Waals surface area contributed by atoms with Crippen molar-refractivity contribution in [1.82, 2.24) is 10.6 Å². The topological polar surface area (TPSA) is 24.1 Å². The first-order chi connectivity index (χ1) is 7.65. The quantitative estimate of drug-likeness (QED) is 0.719. The van der Waals surface area contributed by atoms with E-state index in [-0.39, 0.29) is 0 Å².